The molecule has 0 bridgehead atoms. The van der Waals surface area contributed by atoms with Crippen molar-refractivity contribution >= 4 is 11.8 Å². The van der Waals surface area contributed by atoms with Gasteiger partial charge < -0.3 is 10.5 Å². The molecule has 1 aromatic heterocycles. The molecule has 1 saturated carbocycles. The van der Waals surface area contributed by atoms with Crippen LogP contribution in [0.1, 0.15) is 50.5 Å². The zero-order valence-electron chi connectivity index (χ0n) is 12.4. The maximum atomic E-state index is 12.2. The minimum Gasteiger partial charge on any atom is -0.457 e. The molecule has 1 aromatic rings. The molecule has 5 heteroatoms. The quantitative estimate of drug-likeness (QED) is 0.859. The molecule has 0 aromatic carbocycles. The van der Waals surface area contributed by atoms with E-state index in [1.807, 2.05) is 0 Å². The molecule has 1 aliphatic carbocycles. The van der Waals surface area contributed by atoms with Crippen molar-refractivity contribution in [3.05, 3.63) is 18.1 Å². The van der Waals surface area contributed by atoms with Crippen molar-refractivity contribution in [3.8, 4) is 0 Å². The van der Waals surface area contributed by atoms with Crippen molar-refractivity contribution in [2.24, 2.45) is 17.8 Å². The van der Waals surface area contributed by atoms with Crippen molar-refractivity contribution < 1.29 is 9.53 Å². The van der Waals surface area contributed by atoms with Crippen LogP contribution in [0.2, 0.25) is 0 Å². The smallest absolute Gasteiger partial charge is 0.361 e. The van der Waals surface area contributed by atoms with E-state index < -0.39 is 5.97 Å². The molecule has 0 spiro atoms. The first kappa shape index (κ1) is 14.8. The van der Waals surface area contributed by atoms with Crippen molar-refractivity contribution in [1.82, 2.24) is 9.97 Å². The zero-order chi connectivity index (χ0) is 14.7. The lowest BCUT2D eigenvalue weighted by atomic mass is 9.75. The lowest BCUT2D eigenvalue weighted by molar-refractivity contribution is -0.0178. The number of aromatic nitrogens is 2. The number of ether oxygens (including phenoxy) is 1. The predicted molar refractivity (Wildman–Crippen MR) is 77.0 cm³/mol. The summed E-state index contributed by atoms with van der Waals surface area (Å²) in [5.74, 6) is 1.16. The van der Waals surface area contributed by atoms with Gasteiger partial charge in [-0.1, -0.05) is 27.2 Å². The number of anilines is 1. The molecule has 5 nitrogen and oxygen atoms in total. The fourth-order valence-electron chi connectivity index (χ4n) is 2.95. The van der Waals surface area contributed by atoms with Gasteiger partial charge in [0.2, 0.25) is 0 Å². The molecule has 2 rings (SSSR count). The van der Waals surface area contributed by atoms with Gasteiger partial charge in [-0.2, -0.15) is 0 Å². The third-order valence-corrected chi connectivity index (χ3v) is 4.14. The van der Waals surface area contributed by atoms with Crippen LogP contribution < -0.4 is 5.73 Å². The van der Waals surface area contributed by atoms with Crippen molar-refractivity contribution in [3.63, 3.8) is 0 Å². The summed E-state index contributed by atoms with van der Waals surface area (Å²) in [5, 5.41) is 0. The Hall–Kier alpha value is -1.65. The normalized spacial score (nSPS) is 26.5. The van der Waals surface area contributed by atoms with E-state index in [2.05, 4.69) is 30.7 Å². The highest BCUT2D eigenvalue weighted by Gasteiger charge is 2.34. The van der Waals surface area contributed by atoms with E-state index in [0.29, 0.717) is 17.8 Å². The van der Waals surface area contributed by atoms with E-state index in [1.165, 1.54) is 18.8 Å². The summed E-state index contributed by atoms with van der Waals surface area (Å²) in [6.07, 6.45) is 6.08. The van der Waals surface area contributed by atoms with E-state index in [1.54, 1.807) is 0 Å². The molecule has 1 fully saturated rings. The van der Waals surface area contributed by atoms with Gasteiger partial charge >= 0.3 is 5.97 Å². The van der Waals surface area contributed by atoms with Crippen LogP contribution in [0, 0.1) is 17.8 Å². The Morgan fingerprint density at radius 2 is 2.05 bits per heavy atom. The number of nitrogen functional groups attached to an aromatic ring is 1. The summed E-state index contributed by atoms with van der Waals surface area (Å²) in [7, 11) is 0. The third kappa shape index (κ3) is 3.26. The Kier molecular flexibility index (Phi) is 4.57. The Morgan fingerprint density at radius 3 is 2.70 bits per heavy atom. The lowest BCUT2D eigenvalue weighted by Crippen LogP contribution is -2.36. The summed E-state index contributed by atoms with van der Waals surface area (Å²) in [5.41, 5.74) is 5.79. The molecule has 20 heavy (non-hydrogen) atoms. The van der Waals surface area contributed by atoms with Crippen LogP contribution in [0.4, 0.5) is 5.82 Å². The van der Waals surface area contributed by atoms with Gasteiger partial charge in [-0.3, -0.25) is 0 Å². The summed E-state index contributed by atoms with van der Waals surface area (Å²) in [6.45, 7) is 6.56. The maximum absolute atomic E-state index is 12.2. The van der Waals surface area contributed by atoms with Gasteiger partial charge in [0.05, 0.1) is 0 Å². The van der Waals surface area contributed by atoms with E-state index in [4.69, 9.17) is 10.5 Å². The SMILES string of the molecule is CC1CCC(C(C)C)C(OC(=O)c2nccnc2N)C1. The second kappa shape index (κ2) is 6.20. The van der Waals surface area contributed by atoms with Crippen LogP contribution in [0.5, 0.6) is 0 Å². The van der Waals surface area contributed by atoms with Gasteiger partial charge in [-0.25, -0.2) is 14.8 Å². The summed E-state index contributed by atoms with van der Waals surface area (Å²) >= 11 is 0. The Balaban J connectivity index is 2.10. The van der Waals surface area contributed by atoms with Gasteiger partial charge in [-0.05, 0) is 30.6 Å². The third-order valence-electron chi connectivity index (χ3n) is 4.14. The van der Waals surface area contributed by atoms with Gasteiger partial charge in [0.15, 0.2) is 11.5 Å². The number of esters is 1. The zero-order valence-corrected chi connectivity index (χ0v) is 12.4. The molecule has 1 aliphatic rings. The Labute approximate surface area is 119 Å². The van der Waals surface area contributed by atoms with E-state index in [-0.39, 0.29) is 17.6 Å². The lowest BCUT2D eigenvalue weighted by Gasteiger charge is -2.36. The van der Waals surface area contributed by atoms with Gasteiger partial charge in [0.25, 0.3) is 0 Å². The average Bonchev–Trinajstić information content (AvgIpc) is 2.38. The maximum Gasteiger partial charge on any atom is 0.361 e. The summed E-state index contributed by atoms with van der Waals surface area (Å²) < 4.78 is 5.68. The molecule has 1 heterocycles. The summed E-state index contributed by atoms with van der Waals surface area (Å²) in [4.78, 5) is 20.1. The number of hydrogen-bond donors (Lipinski definition) is 1. The first-order chi connectivity index (χ1) is 9.49. The molecule has 0 radical (unpaired) electrons. The van der Waals surface area contributed by atoms with Crippen molar-refractivity contribution in [2.75, 3.05) is 5.73 Å². The van der Waals surface area contributed by atoms with Crippen LogP contribution in [-0.4, -0.2) is 22.0 Å². The highest BCUT2D eigenvalue weighted by Crippen LogP contribution is 2.35. The number of carbonyl (C=O) groups excluding carboxylic acids is 1. The number of hydrogen-bond acceptors (Lipinski definition) is 5. The number of carbonyl (C=O) groups is 1. The topological polar surface area (TPSA) is 78.1 Å². The molecule has 0 amide bonds. The molecule has 2 N–H and O–H groups in total. The fraction of sp³-hybridized carbons (Fsp3) is 0.667. The second-order valence-electron chi connectivity index (χ2n) is 6.06. The minimum absolute atomic E-state index is 0.0485. The van der Waals surface area contributed by atoms with Crippen LogP contribution >= 0.6 is 0 Å². The first-order valence-electron chi connectivity index (χ1n) is 7.26. The standard InChI is InChI=1S/C15H23N3O2/c1-9(2)11-5-4-10(3)8-12(11)20-15(19)13-14(16)18-7-6-17-13/h6-7,9-12H,4-5,8H2,1-3H3,(H2,16,18). The molecule has 110 valence electrons. The van der Waals surface area contributed by atoms with Crippen LogP contribution in [0.25, 0.3) is 0 Å². The Morgan fingerprint density at radius 1 is 1.35 bits per heavy atom. The molecule has 3 unspecified atom stereocenters. The molecule has 0 aliphatic heterocycles. The largest absolute Gasteiger partial charge is 0.457 e. The van der Waals surface area contributed by atoms with E-state index in [9.17, 15) is 4.79 Å². The second-order valence-corrected chi connectivity index (χ2v) is 6.06. The first-order valence-corrected chi connectivity index (χ1v) is 7.26. The van der Waals surface area contributed by atoms with Crippen LogP contribution in [-0.2, 0) is 4.74 Å². The number of rotatable bonds is 3. The highest BCUT2D eigenvalue weighted by atomic mass is 16.5. The molecule has 0 saturated heterocycles. The van der Waals surface area contributed by atoms with Crippen LogP contribution in [0.15, 0.2) is 12.4 Å². The van der Waals surface area contributed by atoms with Gasteiger partial charge in [0.1, 0.15) is 6.10 Å². The predicted octanol–water partition coefficient (Wildman–Crippen LogP) is 2.68. The molecular weight excluding hydrogens is 254 g/mol. The average molecular weight is 277 g/mol. The monoisotopic (exact) mass is 277 g/mol. The van der Waals surface area contributed by atoms with E-state index in [0.717, 1.165) is 12.8 Å². The highest BCUT2D eigenvalue weighted by molar-refractivity contribution is 5.91. The van der Waals surface area contributed by atoms with Crippen LogP contribution in [0.3, 0.4) is 0 Å². The fourth-order valence-corrected chi connectivity index (χ4v) is 2.95. The van der Waals surface area contributed by atoms with Crippen molar-refractivity contribution in [2.45, 2.75) is 46.1 Å². The summed E-state index contributed by atoms with van der Waals surface area (Å²) in [6, 6.07) is 0. The number of nitrogens with zero attached hydrogens (tertiary/aromatic N) is 2. The van der Waals surface area contributed by atoms with Gasteiger partial charge in [-0.15, -0.1) is 0 Å². The van der Waals surface area contributed by atoms with Crippen molar-refractivity contribution in [1.29, 1.82) is 0 Å². The number of nitrogens with two attached hydrogens (primary N) is 1. The van der Waals surface area contributed by atoms with E-state index >= 15 is 0 Å². The molecule has 3 atom stereocenters. The van der Waals surface area contributed by atoms with Gasteiger partial charge in [0, 0.05) is 12.4 Å². The Bertz CT molecular complexity index is 476. The molecular formula is C15H23N3O2. The minimum atomic E-state index is -0.458.